The number of amides is 1. The number of Topliss-reactive ketones (excluding diaryl/α,β-unsaturated/α-hetero) is 1. The van der Waals surface area contributed by atoms with Crippen molar-refractivity contribution in [3.8, 4) is 11.5 Å². The van der Waals surface area contributed by atoms with Crippen molar-refractivity contribution in [3.63, 3.8) is 0 Å². The van der Waals surface area contributed by atoms with Crippen LogP contribution in [-0.2, 0) is 4.79 Å². The molecule has 0 atom stereocenters. The van der Waals surface area contributed by atoms with E-state index in [0.717, 1.165) is 0 Å². The molecule has 1 saturated heterocycles. The van der Waals surface area contributed by atoms with Gasteiger partial charge < -0.3 is 14.4 Å². The first-order valence-electron chi connectivity index (χ1n) is 7.08. The third kappa shape index (κ3) is 3.35. The molecule has 21 heavy (non-hydrogen) atoms. The first-order valence-corrected chi connectivity index (χ1v) is 7.08. The quantitative estimate of drug-likeness (QED) is 0.798. The molecular weight excluding hydrogens is 270 g/mol. The summed E-state index contributed by atoms with van der Waals surface area (Å²) in [6.45, 7) is 2.85. The van der Waals surface area contributed by atoms with E-state index < -0.39 is 0 Å². The van der Waals surface area contributed by atoms with Gasteiger partial charge in [0, 0.05) is 32.0 Å². The molecule has 1 aromatic carbocycles. The molecule has 1 aromatic rings. The molecule has 1 amide bonds. The number of rotatable bonds is 4. The fraction of sp³-hybridized carbons (Fsp3) is 0.500. The van der Waals surface area contributed by atoms with Gasteiger partial charge in [-0.2, -0.15) is 0 Å². The summed E-state index contributed by atoms with van der Waals surface area (Å²) in [5.74, 6) is 1.30. The zero-order valence-electron chi connectivity index (χ0n) is 12.7. The van der Waals surface area contributed by atoms with E-state index in [4.69, 9.17) is 9.47 Å². The Morgan fingerprint density at radius 2 is 1.81 bits per heavy atom. The fourth-order valence-electron chi connectivity index (χ4n) is 2.68. The first-order chi connectivity index (χ1) is 10.1. The average Bonchev–Trinajstić information content (AvgIpc) is 2.53. The maximum Gasteiger partial charge on any atom is 0.219 e. The summed E-state index contributed by atoms with van der Waals surface area (Å²) in [5, 5.41) is 0. The number of ketones is 1. The molecule has 0 unspecified atom stereocenters. The molecule has 1 fully saturated rings. The Bertz CT molecular complexity index is 533. The number of carbonyl (C=O) groups is 2. The van der Waals surface area contributed by atoms with Crippen molar-refractivity contribution >= 4 is 11.7 Å². The van der Waals surface area contributed by atoms with E-state index in [2.05, 4.69) is 0 Å². The van der Waals surface area contributed by atoms with Gasteiger partial charge >= 0.3 is 0 Å². The third-order valence-electron chi connectivity index (χ3n) is 3.99. The predicted molar refractivity (Wildman–Crippen MR) is 78.9 cm³/mol. The molecule has 1 aliphatic rings. The van der Waals surface area contributed by atoms with Gasteiger partial charge in [-0.25, -0.2) is 0 Å². The van der Waals surface area contributed by atoms with Crippen molar-refractivity contribution in [2.75, 3.05) is 27.3 Å². The number of hydrogen-bond donors (Lipinski definition) is 0. The van der Waals surface area contributed by atoms with Gasteiger partial charge in [-0.1, -0.05) is 0 Å². The Balaban J connectivity index is 2.12. The molecule has 114 valence electrons. The number of methoxy groups -OCH3 is 2. The summed E-state index contributed by atoms with van der Waals surface area (Å²) in [4.78, 5) is 25.7. The first kappa shape index (κ1) is 15.4. The molecule has 0 aliphatic carbocycles. The lowest BCUT2D eigenvalue weighted by atomic mass is 9.88. The van der Waals surface area contributed by atoms with Crippen molar-refractivity contribution in [2.24, 2.45) is 5.92 Å². The van der Waals surface area contributed by atoms with Crippen LogP contribution >= 0.6 is 0 Å². The van der Waals surface area contributed by atoms with E-state index in [-0.39, 0.29) is 17.6 Å². The van der Waals surface area contributed by atoms with Gasteiger partial charge in [-0.3, -0.25) is 9.59 Å². The molecule has 2 rings (SSSR count). The summed E-state index contributed by atoms with van der Waals surface area (Å²) in [5.41, 5.74) is 0.583. The summed E-state index contributed by atoms with van der Waals surface area (Å²) in [6, 6.07) is 5.23. The van der Waals surface area contributed by atoms with E-state index in [1.54, 1.807) is 44.2 Å². The summed E-state index contributed by atoms with van der Waals surface area (Å²) >= 11 is 0. The summed E-state index contributed by atoms with van der Waals surface area (Å²) in [6.07, 6.45) is 1.40. The van der Waals surface area contributed by atoms with Crippen molar-refractivity contribution in [1.29, 1.82) is 0 Å². The van der Waals surface area contributed by atoms with Crippen LogP contribution in [0.4, 0.5) is 0 Å². The molecule has 1 heterocycles. The number of piperidine rings is 1. The lowest BCUT2D eigenvalue weighted by Crippen LogP contribution is -2.39. The molecule has 0 N–H and O–H groups in total. The average molecular weight is 291 g/mol. The Kier molecular flexibility index (Phi) is 4.83. The maximum atomic E-state index is 12.6. The number of carbonyl (C=O) groups excluding carboxylic acids is 2. The number of nitrogens with zero attached hydrogens (tertiary/aromatic N) is 1. The SMILES string of the molecule is COc1ccc(C(=O)C2CCN(C(C)=O)CC2)c(OC)c1. The van der Waals surface area contributed by atoms with Crippen LogP contribution in [0.5, 0.6) is 11.5 Å². The summed E-state index contributed by atoms with van der Waals surface area (Å²) < 4.78 is 10.4. The molecule has 1 aliphatic heterocycles. The van der Waals surface area contributed by atoms with E-state index in [1.165, 1.54) is 0 Å². The number of likely N-dealkylation sites (tertiary alicyclic amines) is 1. The van der Waals surface area contributed by atoms with Crippen LogP contribution in [0.1, 0.15) is 30.1 Å². The van der Waals surface area contributed by atoms with Crippen molar-refractivity contribution < 1.29 is 19.1 Å². The standard InChI is InChI=1S/C16H21NO4/c1-11(18)17-8-6-12(7-9-17)16(19)14-5-4-13(20-2)10-15(14)21-3/h4-5,10,12H,6-9H2,1-3H3. The van der Waals surface area contributed by atoms with Crippen molar-refractivity contribution in [3.05, 3.63) is 23.8 Å². The smallest absolute Gasteiger partial charge is 0.219 e. The molecule has 5 heteroatoms. The monoisotopic (exact) mass is 291 g/mol. The predicted octanol–water partition coefficient (Wildman–Crippen LogP) is 2.15. The zero-order chi connectivity index (χ0) is 15.4. The van der Waals surface area contributed by atoms with Gasteiger partial charge in [0.1, 0.15) is 11.5 Å². The fourth-order valence-corrected chi connectivity index (χ4v) is 2.68. The van der Waals surface area contributed by atoms with Crippen LogP contribution in [0.2, 0.25) is 0 Å². The molecule has 0 saturated carbocycles. The van der Waals surface area contributed by atoms with Crippen LogP contribution in [0.25, 0.3) is 0 Å². The molecule has 0 bridgehead atoms. The number of ether oxygens (including phenoxy) is 2. The Morgan fingerprint density at radius 1 is 1.14 bits per heavy atom. The van der Waals surface area contributed by atoms with E-state index in [9.17, 15) is 9.59 Å². The molecular formula is C16H21NO4. The van der Waals surface area contributed by atoms with Crippen molar-refractivity contribution in [2.45, 2.75) is 19.8 Å². The minimum Gasteiger partial charge on any atom is -0.497 e. The molecule has 0 radical (unpaired) electrons. The second-order valence-corrected chi connectivity index (χ2v) is 5.21. The maximum absolute atomic E-state index is 12.6. The Hall–Kier alpha value is -2.04. The highest BCUT2D eigenvalue weighted by molar-refractivity contribution is 6.00. The van der Waals surface area contributed by atoms with Gasteiger partial charge in [0.15, 0.2) is 5.78 Å². The Morgan fingerprint density at radius 3 is 2.33 bits per heavy atom. The third-order valence-corrected chi connectivity index (χ3v) is 3.99. The highest BCUT2D eigenvalue weighted by Crippen LogP contribution is 2.29. The lowest BCUT2D eigenvalue weighted by molar-refractivity contribution is -0.130. The lowest BCUT2D eigenvalue weighted by Gasteiger charge is -2.30. The second kappa shape index (κ2) is 6.61. The summed E-state index contributed by atoms with van der Waals surface area (Å²) in [7, 11) is 3.12. The second-order valence-electron chi connectivity index (χ2n) is 5.21. The van der Waals surface area contributed by atoms with Gasteiger partial charge in [-0.15, -0.1) is 0 Å². The van der Waals surface area contributed by atoms with Crippen LogP contribution in [-0.4, -0.2) is 43.9 Å². The number of benzene rings is 1. The molecule has 0 aromatic heterocycles. The highest BCUT2D eigenvalue weighted by atomic mass is 16.5. The minimum absolute atomic E-state index is 0.0529. The largest absolute Gasteiger partial charge is 0.497 e. The van der Waals surface area contributed by atoms with Crippen LogP contribution in [0.3, 0.4) is 0 Å². The normalized spacial score (nSPS) is 15.7. The van der Waals surface area contributed by atoms with Gasteiger partial charge in [0.25, 0.3) is 0 Å². The van der Waals surface area contributed by atoms with Gasteiger partial charge in [0.2, 0.25) is 5.91 Å². The van der Waals surface area contributed by atoms with Crippen LogP contribution < -0.4 is 9.47 Å². The molecule has 0 spiro atoms. The molecule has 5 nitrogen and oxygen atoms in total. The Labute approximate surface area is 124 Å². The topological polar surface area (TPSA) is 55.8 Å². The van der Waals surface area contributed by atoms with Crippen LogP contribution in [0.15, 0.2) is 18.2 Å². The van der Waals surface area contributed by atoms with E-state index in [0.29, 0.717) is 43.0 Å². The highest BCUT2D eigenvalue weighted by Gasteiger charge is 2.28. The van der Waals surface area contributed by atoms with Gasteiger partial charge in [-0.05, 0) is 25.0 Å². The van der Waals surface area contributed by atoms with E-state index in [1.807, 2.05) is 0 Å². The van der Waals surface area contributed by atoms with Gasteiger partial charge in [0.05, 0.1) is 19.8 Å². The number of hydrogen-bond acceptors (Lipinski definition) is 4. The minimum atomic E-state index is -0.0529. The van der Waals surface area contributed by atoms with Crippen molar-refractivity contribution in [1.82, 2.24) is 4.90 Å². The van der Waals surface area contributed by atoms with Crippen LogP contribution in [0, 0.1) is 5.92 Å². The van der Waals surface area contributed by atoms with E-state index >= 15 is 0 Å². The zero-order valence-corrected chi connectivity index (χ0v) is 12.7.